The fourth-order valence-electron chi connectivity index (χ4n) is 2.30. The number of hydrogen-bond donors (Lipinski definition) is 1. The Kier molecular flexibility index (Phi) is 3.94. The van der Waals surface area contributed by atoms with Crippen molar-refractivity contribution in [1.29, 1.82) is 0 Å². The second kappa shape index (κ2) is 5.65. The van der Waals surface area contributed by atoms with Crippen LogP contribution >= 0.6 is 0 Å². The molecule has 88 valence electrons. The van der Waals surface area contributed by atoms with Gasteiger partial charge in [0.05, 0.1) is 0 Å². The zero-order chi connectivity index (χ0) is 12.1. The lowest BCUT2D eigenvalue weighted by atomic mass is 9.86. The molecule has 0 aromatic heterocycles. The second-order valence-corrected chi connectivity index (χ2v) is 4.36. The molecule has 0 aliphatic carbocycles. The Morgan fingerprint density at radius 3 is 1.76 bits per heavy atom. The number of rotatable bonds is 4. The molecule has 0 fully saturated rings. The summed E-state index contributed by atoms with van der Waals surface area (Å²) in [5, 5.41) is 0. The van der Waals surface area contributed by atoms with Crippen molar-refractivity contribution in [1.82, 2.24) is 0 Å². The Morgan fingerprint density at radius 2 is 1.29 bits per heavy atom. The van der Waals surface area contributed by atoms with E-state index in [-0.39, 0.29) is 6.04 Å². The van der Waals surface area contributed by atoms with Crippen molar-refractivity contribution in [3.05, 3.63) is 71.8 Å². The first-order valence-corrected chi connectivity index (χ1v) is 6.18. The maximum absolute atomic E-state index is 6.38. The smallest absolute Gasteiger partial charge is 0.0364 e. The van der Waals surface area contributed by atoms with Crippen molar-refractivity contribution in [2.75, 3.05) is 0 Å². The average molecular weight is 225 g/mol. The summed E-state index contributed by atoms with van der Waals surface area (Å²) in [5.74, 6) is 0.388. The second-order valence-electron chi connectivity index (χ2n) is 4.36. The van der Waals surface area contributed by atoms with Crippen LogP contribution in [0.4, 0.5) is 0 Å². The highest BCUT2D eigenvalue weighted by molar-refractivity contribution is 5.27. The highest BCUT2D eigenvalue weighted by Gasteiger charge is 2.18. The Labute approximate surface area is 103 Å². The van der Waals surface area contributed by atoms with E-state index in [2.05, 4.69) is 43.3 Å². The molecular formula is C16H19N. The molecule has 2 aromatic carbocycles. The maximum Gasteiger partial charge on any atom is 0.0364 e. The molecule has 2 rings (SSSR count). The van der Waals surface area contributed by atoms with Gasteiger partial charge in [-0.3, -0.25) is 0 Å². The first-order valence-electron chi connectivity index (χ1n) is 6.18. The van der Waals surface area contributed by atoms with Crippen LogP contribution < -0.4 is 5.73 Å². The van der Waals surface area contributed by atoms with Crippen molar-refractivity contribution in [2.45, 2.75) is 25.3 Å². The fourth-order valence-corrected chi connectivity index (χ4v) is 2.30. The lowest BCUT2D eigenvalue weighted by Gasteiger charge is -2.23. The maximum atomic E-state index is 6.38. The van der Waals surface area contributed by atoms with Crippen molar-refractivity contribution >= 4 is 0 Å². The molecule has 0 radical (unpaired) electrons. The monoisotopic (exact) mass is 225 g/mol. The molecule has 0 heterocycles. The molecule has 2 N–H and O–H groups in total. The van der Waals surface area contributed by atoms with Crippen LogP contribution in [0.15, 0.2) is 60.7 Å². The van der Waals surface area contributed by atoms with Crippen LogP contribution in [0.5, 0.6) is 0 Å². The molecule has 0 amide bonds. The van der Waals surface area contributed by atoms with E-state index in [4.69, 9.17) is 5.73 Å². The van der Waals surface area contributed by atoms with Crippen molar-refractivity contribution < 1.29 is 0 Å². The van der Waals surface area contributed by atoms with Gasteiger partial charge in [-0.1, -0.05) is 67.6 Å². The molecule has 0 spiro atoms. The zero-order valence-corrected chi connectivity index (χ0v) is 10.2. The van der Waals surface area contributed by atoms with Gasteiger partial charge in [-0.15, -0.1) is 0 Å². The van der Waals surface area contributed by atoms with E-state index in [0.29, 0.717) is 5.92 Å². The van der Waals surface area contributed by atoms with Gasteiger partial charge in [0.25, 0.3) is 0 Å². The quantitative estimate of drug-likeness (QED) is 0.839. The van der Waals surface area contributed by atoms with Gasteiger partial charge in [-0.05, 0) is 17.5 Å². The van der Waals surface area contributed by atoms with Crippen LogP contribution in [0.1, 0.15) is 36.4 Å². The number of hydrogen-bond acceptors (Lipinski definition) is 1. The lowest BCUT2D eigenvalue weighted by Crippen LogP contribution is -2.19. The predicted octanol–water partition coefficient (Wildman–Crippen LogP) is 3.88. The molecule has 0 saturated heterocycles. The summed E-state index contributed by atoms with van der Waals surface area (Å²) in [7, 11) is 0. The Hall–Kier alpha value is -1.60. The van der Waals surface area contributed by atoms with Crippen LogP contribution in [-0.2, 0) is 0 Å². The largest absolute Gasteiger partial charge is 0.323 e. The van der Waals surface area contributed by atoms with E-state index in [1.807, 2.05) is 24.3 Å². The minimum atomic E-state index is 0.0728. The van der Waals surface area contributed by atoms with E-state index in [0.717, 1.165) is 6.42 Å². The van der Waals surface area contributed by atoms with E-state index in [1.54, 1.807) is 0 Å². The normalized spacial score (nSPS) is 14.2. The van der Waals surface area contributed by atoms with Gasteiger partial charge in [-0.25, -0.2) is 0 Å². The Morgan fingerprint density at radius 1 is 0.824 bits per heavy atom. The van der Waals surface area contributed by atoms with E-state index in [9.17, 15) is 0 Å². The van der Waals surface area contributed by atoms with Gasteiger partial charge in [0.2, 0.25) is 0 Å². The molecule has 1 heteroatoms. The number of benzene rings is 2. The molecule has 2 unspecified atom stereocenters. The first kappa shape index (κ1) is 11.9. The third-order valence-electron chi connectivity index (χ3n) is 3.29. The van der Waals surface area contributed by atoms with E-state index >= 15 is 0 Å². The van der Waals surface area contributed by atoms with Crippen LogP contribution in [0.3, 0.4) is 0 Å². The third kappa shape index (κ3) is 2.75. The summed E-state index contributed by atoms with van der Waals surface area (Å²) in [6.45, 7) is 2.19. The first-order chi connectivity index (χ1) is 8.33. The summed E-state index contributed by atoms with van der Waals surface area (Å²) in [6.07, 6.45) is 1.06. The highest BCUT2D eigenvalue weighted by atomic mass is 14.6. The topological polar surface area (TPSA) is 26.0 Å². The SMILES string of the molecule is CCC(c1ccccc1)C(N)c1ccccc1. The third-order valence-corrected chi connectivity index (χ3v) is 3.29. The van der Waals surface area contributed by atoms with Crippen LogP contribution in [-0.4, -0.2) is 0 Å². The van der Waals surface area contributed by atoms with Gasteiger partial charge in [0.15, 0.2) is 0 Å². The molecule has 0 aliphatic rings. The Bertz CT molecular complexity index is 436. The van der Waals surface area contributed by atoms with E-state index in [1.165, 1.54) is 11.1 Å². The van der Waals surface area contributed by atoms with Gasteiger partial charge in [-0.2, -0.15) is 0 Å². The summed E-state index contributed by atoms with van der Waals surface area (Å²) < 4.78 is 0. The lowest BCUT2D eigenvalue weighted by molar-refractivity contribution is 0.539. The van der Waals surface area contributed by atoms with Gasteiger partial charge >= 0.3 is 0 Å². The average Bonchev–Trinajstić information content (AvgIpc) is 2.42. The summed E-state index contributed by atoms with van der Waals surface area (Å²) >= 11 is 0. The van der Waals surface area contributed by atoms with Gasteiger partial charge in [0, 0.05) is 12.0 Å². The van der Waals surface area contributed by atoms with Crippen molar-refractivity contribution in [3.63, 3.8) is 0 Å². The molecule has 0 bridgehead atoms. The molecule has 2 atom stereocenters. The number of nitrogens with two attached hydrogens (primary N) is 1. The van der Waals surface area contributed by atoms with Crippen LogP contribution in [0.25, 0.3) is 0 Å². The summed E-state index contributed by atoms with van der Waals surface area (Å²) in [6, 6.07) is 20.9. The van der Waals surface area contributed by atoms with Crippen LogP contribution in [0, 0.1) is 0 Å². The molecule has 0 aliphatic heterocycles. The van der Waals surface area contributed by atoms with E-state index < -0.39 is 0 Å². The molecule has 17 heavy (non-hydrogen) atoms. The minimum absolute atomic E-state index is 0.0728. The van der Waals surface area contributed by atoms with Crippen molar-refractivity contribution in [2.24, 2.45) is 5.73 Å². The fraction of sp³-hybridized carbons (Fsp3) is 0.250. The Balaban J connectivity index is 2.25. The predicted molar refractivity (Wildman–Crippen MR) is 72.8 cm³/mol. The summed E-state index contributed by atoms with van der Waals surface area (Å²) in [5.41, 5.74) is 8.92. The molecular weight excluding hydrogens is 206 g/mol. The molecule has 1 nitrogen and oxygen atoms in total. The standard InChI is InChI=1S/C16H19N/c1-2-15(13-9-5-3-6-10-13)16(17)14-11-7-4-8-12-14/h3-12,15-16H,2,17H2,1H3. The van der Waals surface area contributed by atoms with Gasteiger partial charge < -0.3 is 5.73 Å². The molecule has 0 saturated carbocycles. The van der Waals surface area contributed by atoms with Crippen molar-refractivity contribution in [3.8, 4) is 0 Å². The van der Waals surface area contributed by atoms with Crippen LogP contribution in [0.2, 0.25) is 0 Å². The highest BCUT2D eigenvalue weighted by Crippen LogP contribution is 2.31. The van der Waals surface area contributed by atoms with Gasteiger partial charge in [0.1, 0.15) is 0 Å². The zero-order valence-electron chi connectivity index (χ0n) is 10.2. The molecule has 2 aromatic rings. The summed E-state index contributed by atoms with van der Waals surface area (Å²) in [4.78, 5) is 0. The minimum Gasteiger partial charge on any atom is -0.323 e.